The summed E-state index contributed by atoms with van der Waals surface area (Å²) in [6, 6.07) is 8.49. The first-order valence-electron chi connectivity index (χ1n) is 7.67. The fraction of sp³-hybridized carbons (Fsp3) is 0.118. The van der Waals surface area contributed by atoms with Crippen molar-refractivity contribution in [1.29, 1.82) is 0 Å². The number of halogens is 3. The van der Waals surface area contributed by atoms with E-state index >= 15 is 0 Å². The molecule has 0 aliphatic rings. The fourth-order valence-corrected chi connectivity index (χ4v) is 3.05. The standard InChI is InChI=1S/C17H15F3N3O3P/c1-23-9-16(21-10-23)14-8-13(27(24,25)26)6-7-15(14)22-12-4-2-11(3-5-12)17(18,19)20/h2-10,22H,1H3,(H2,24,25,26). The molecule has 0 unspecified atom stereocenters. The summed E-state index contributed by atoms with van der Waals surface area (Å²) in [5.41, 5.74) is 0.947. The van der Waals surface area contributed by atoms with Gasteiger partial charge in [-0.1, -0.05) is 0 Å². The van der Waals surface area contributed by atoms with E-state index in [0.717, 1.165) is 12.1 Å². The summed E-state index contributed by atoms with van der Waals surface area (Å²) in [5.74, 6) is 0. The molecular weight excluding hydrogens is 382 g/mol. The van der Waals surface area contributed by atoms with Gasteiger partial charge >= 0.3 is 13.8 Å². The minimum Gasteiger partial charge on any atom is -0.355 e. The third-order valence-corrected chi connectivity index (χ3v) is 4.76. The van der Waals surface area contributed by atoms with E-state index in [0.29, 0.717) is 22.6 Å². The first-order valence-corrected chi connectivity index (χ1v) is 9.28. The predicted molar refractivity (Wildman–Crippen MR) is 95.0 cm³/mol. The number of rotatable bonds is 4. The lowest BCUT2D eigenvalue weighted by atomic mass is 10.1. The summed E-state index contributed by atoms with van der Waals surface area (Å²) in [4.78, 5) is 23.0. The van der Waals surface area contributed by atoms with Crippen LogP contribution in [0.3, 0.4) is 0 Å². The molecule has 0 bridgehead atoms. The van der Waals surface area contributed by atoms with E-state index in [1.54, 1.807) is 17.8 Å². The van der Waals surface area contributed by atoms with Crippen LogP contribution in [0.2, 0.25) is 0 Å². The highest BCUT2D eigenvalue weighted by molar-refractivity contribution is 7.60. The van der Waals surface area contributed by atoms with E-state index in [1.807, 2.05) is 0 Å². The molecule has 1 aromatic heterocycles. The van der Waals surface area contributed by atoms with Crippen LogP contribution in [0.25, 0.3) is 11.3 Å². The second kappa shape index (κ2) is 6.84. The van der Waals surface area contributed by atoms with Gasteiger partial charge in [-0.2, -0.15) is 13.2 Å². The predicted octanol–water partition coefficient (Wildman–Crippen LogP) is 3.65. The number of anilines is 2. The zero-order valence-corrected chi connectivity index (χ0v) is 14.9. The number of hydrogen-bond acceptors (Lipinski definition) is 3. The molecule has 142 valence electrons. The Kier molecular flexibility index (Phi) is 4.86. The Morgan fingerprint density at radius 2 is 1.78 bits per heavy atom. The van der Waals surface area contributed by atoms with Gasteiger partial charge in [0.2, 0.25) is 0 Å². The van der Waals surface area contributed by atoms with Crippen molar-refractivity contribution in [2.24, 2.45) is 7.05 Å². The van der Waals surface area contributed by atoms with E-state index in [2.05, 4.69) is 10.3 Å². The van der Waals surface area contributed by atoms with E-state index in [9.17, 15) is 27.5 Å². The maximum Gasteiger partial charge on any atom is 0.416 e. The van der Waals surface area contributed by atoms with E-state index in [1.165, 1.54) is 36.7 Å². The summed E-state index contributed by atoms with van der Waals surface area (Å²) in [6.07, 6.45) is -1.24. The van der Waals surface area contributed by atoms with Crippen LogP contribution in [0.4, 0.5) is 24.5 Å². The minimum atomic E-state index is -4.47. The van der Waals surface area contributed by atoms with Crippen LogP contribution in [0.5, 0.6) is 0 Å². The van der Waals surface area contributed by atoms with Crippen molar-refractivity contribution in [1.82, 2.24) is 9.55 Å². The number of alkyl halides is 3. The molecule has 1 heterocycles. The van der Waals surface area contributed by atoms with Crippen LogP contribution >= 0.6 is 7.60 Å². The summed E-state index contributed by atoms with van der Waals surface area (Å²) in [6.45, 7) is 0. The number of imidazole rings is 1. The lowest BCUT2D eigenvalue weighted by molar-refractivity contribution is -0.137. The summed E-state index contributed by atoms with van der Waals surface area (Å²) >= 11 is 0. The average Bonchev–Trinajstić information content (AvgIpc) is 3.00. The molecule has 0 aliphatic carbocycles. The first-order chi connectivity index (χ1) is 12.5. The molecule has 0 fully saturated rings. The number of nitrogens with one attached hydrogen (secondary N) is 1. The van der Waals surface area contributed by atoms with Gasteiger partial charge in [0.1, 0.15) is 0 Å². The highest BCUT2D eigenvalue weighted by Gasteiger charge is 2.30. The fourth-order valence-electron chi connectivity index (χ4n) is 2.48. The summed E-state index contributed by atoms with van der Waals surface area (Å²) in [5, 5.41) is 2.79. The Bertz CT molecular complexity index is 1010. The van der Waals surface area contributed by atoms with Gasteiger partial charge in [0.15, 0.2) is 0 Å². The van der Waals surface area contributed by atoms with Crippen molar-refractivity contribution in [2.45, 2.75) is 6.18 Å². The van der Waals surface area contributed by atoms with Gasteiger partial charge in [0.25, 0.3) is 0 Å². The minimum absolute atomic E-state index is 0.180. The molecule has 0 saturated heterocycles. The van der Waals surface area contributed by atoms with Crippen LogP contribution in [-0.2, 0) is 17.8 Å². The molecule has 27 heavy (non-hydrogen) atoms. The highest BCUT2D eigenvalue weighted by atomic mass is 31.2. The van der Waals surface area contributed by atoms with Crippen LogP contribution in [-0.4, -0.2) is 19.3 Å². The van der Waals surface area contributed by atoms with Gasteiger partial charge in [0, 0.05) is 30.2 Å². The maximum atomic E-state index is 12.7. The van der Waals surface area contributed by atoms with E-state index in [4.69, 9.17) is 0 Å². The van der Waals surface area contributed by atoms with Crippen LogP contribution in [0.15, 0.2) is 55.0 Å². The molecule has 6 nitrogen and oxygen atoms in total. The van der Waals surface area contributed by atoms with Gasteiger partial charge in [-0.05, 0) is 42.5 Å². The molecule has 3 aromatic rings. The topological polar surface area (TPSA) is 87.4 Å². The number of benzene rings is 2. The van der Waals surface area contributed by atoms with Crippen LogP contribution < -0.4 is 10.6 Å². The quantitative estimate of drug-likeness (QED) is 0.585. The van der Waals surface area contributed by atoms with Crippen molar-refractivity contribution < 1.29 is 27.5 Å². The maximum absolute atomic E-state index is 12.7. The second-order valence-corrected chi connectivity index (χ2v) is 7.50. The molecule has 0 saturated carbocycles. The number of aryl methyl sites for hydroxylation is 1. The molecule has 0 spiro atoms. The Morgan fingerprint density at radius 3 is 2.30 bits per heavy atom. The molecule has 0 aliphatic heterocycles. The molecule has 0 radical (unpaired) electrons. The zero-order valence-electron chi connectivity index (χ0n) is 14.0. The number of hydrogen-bond donors (Lipinski definition) is 3. The van der Waals surface area contributed by atoms with Gasteiger partial charge in [-0.3, -0.25) is 4.57 Å². The molecule has 10 heteroatoms. The summed E-state index contributed by atoms with van der Waals surface area (Å²) in [7, 11) is -2.73. The summed E-state index contributed by atoms with van der Waals surface area (Å²) < 4.78 is 51.3. The van der Waals surface area contributed by atoms with Gasteiger partial charge in [-0.15, -0.1) is 0 Å². The Morgan fingerprint density at radius 1 is 1.11 bits per heavy atom. The van der Waals surface area contributed by atoms with E-state index in [-0.39, 0.29) is 5.30 Å². The average molecular weight is 397 g/mol. The largest absolute Gasteiger partial charge is 0.416 e. The molecule has 0 atom stereocenters. The third kappa shape index (κ3) is 4.39. The van der Waals surface area contributed by atoms with Gasteiger partial charge in [-0.25, -0.2) is 4.98 Å². The second-order valence-electron chi connectivity index (χ2n) is 5.90. The molecule has 0 amide bonds. The van der Waals surface area contributed by atoms with Crippen molar-refractivity contribution in [3.05, 3.63) is 60.6 Å². The highest BCUT2D eigenvalue weighted by Crippen LogP contribution is 2.37. The Hall–Kier alpha value is -2.61. The lowest BCUT2D eigenvalue weighted by Crippen LogP contribution is -2.06. The molecule has 3 rings (SSSR count). The normalized spacial score (nSPS) is 12.2. The van der Waals surface area contributed by atoms with Crippen molar-refractivity contribution >= 4 is 24.3 Å². The number of aromatic nitrogens is 2. The van der Waals surface area contributed by atoms with E-state index < -0.39 is 19.3 Å². The van der Waals surface area contributed by atoms with Crippen LogP contribution in [0.1, 0.15) is 5.56 Å². The smallest absolute Gasteiger partial charge is 0.355 e. The Balaban J connectivity index is 2.01. The molecule has 2 aromatic carbocycles. The number of nitrogens with zero attached hydrogens (tertiary/aromatic N) is 2. The van der Waals surface area contributed by atoms with Crippen molar-refractivity contribution in [2.75, 3.05) is 5.32 Å². The Labute approximate surface area is 152 Å². The SMILES string of the molecule is Cn1cnc(-c2cc(P(=O)(O)O)ccc2Nc2ccc(C(F)(F)F)cc2)c1. The van der Waals surface area contributed by atoms with Crippen molar-refractivity contribution in [3.63, 3.8) is 0 Å². The lowest BCUT2D eigenvalue weighted by Gasteiger charge is -2.14. The van der Waals surface area contributed by atoms with Crippen molar-refractivity contribution in [3.8, 4) is 11.3 Å². The van der Waals surface area contributed by atoms with Gasteiger partial charge in [0.05, 0.1) is 22.9 Å². The first kappa shape index (κ1) is 19.2. The van der Waals surface area contributed by atoms with Gasteiger partial charge < -0.3 is 19.7 Å². The molecular formula is C17H15F3N3O3P. The zero-order chi connectivity index (χ0) is 19.8. The molecule has 3 N–H and O–H groups in total. The third-order valence-electron chi connectivity index (χ3n) is 3.81. The van der Waals surface area contributed by atoms with Crippen LogP contribution in [0, 0.1) is 0 Å². The monoisotopic (exact) mass is 397 g/mol.